The van der Waals surface area contributed by atoms with Crippen molar-refractivity contribution in [3.8, 4) is 0 Å². The summed E-state index contributed by atoms with van der Waals surface area (Å²) in [5.74, 6) is 0.634. The zero-order valence-electron chi connectivity index (χ0n) is 16.2. The highest BCUT2D eigenvalue weighted by atomic mass is 16.5. The number of carbonyl (C=O) groups excluding carboxylic acids is 2. The van der Waals surface area contributed by atoms with E-state index in [-0.39, 0.29) is 17.6 Å². The number of nitrogens with one attached hydrogen (secondary N) is 1. The molecule has 5 rings (SSSR count). The lowest BCUT2D eigenvalue weighted by atomic mass is 9.88. The van der Waals surface area contributed by atoms with Crippen molar-refractivity contribution < 1.29 is 18.8 Å². The van der Waals surface area contributed by atoms with Crippen LogP contribution in [0.4, 0.5) is 5.69 Å². The summed E-state index contributed by atoms with van der Waals surface area (Å²) in [6.45, 7) is 1.34. The molecule has 2 aromatic heterocycles. The van der Waals surface area contributed by atoms with Crippen LogP contribution in [0.2, 0.25) is 0 Å². The Balaban J connectivity index is 1.33. The van der Waals surface area contributed by atoms with Gasteiger partial charge in [-0.2, -0.15) is 0 Å². The topological polar surface area (TPSA) is 102 Å². The fourth-order valence-electron chi connectivity index (χ4n) is 4.17. The number of imidazole rings is 1. The molecule has 1 atom stereocenters. The highest BCUT2D eigenvalue weighted by Crippen LogP contribution is 2.40. The second-order valence-corrected chi connectivity index (χ2v) is 7.53. The number of nitrogens with zero attached hydrogens (tertiary/aromatic N) is 4. The lowest BCUT2D eigenvalue weighted by Crippen LogP contribution is -2.54. The van der Waals surface area contributed by atoms with Crippen molar-refractivity contribution in [3.05, 3.63) is 66.6 Å². The van der Waals surface area contributed by atoms with E-state index in [1.54, 1.807) is 17.2 Å². The minimum Gasteiger partial charge on any atom is -0.352 e. The molecule has 1 fully saturated rings. The summed E-state index contributed by atoms with van der Waals surface area (Å²) in [5.41, 5.74) is 0.0163. The first-order valence-electron chi connectivity index (χ1n) is 9.90. The molecule has 4 heterocycles. The van der Waals surface area contributed by atoms with Gasteiger partial charge in [0, 0.05) is 50.1 Å². The number of anilines is 1. The van der Waals surface area contributed by atoms with E-state index < -0.39 is 11.7 Å². The van der Waals surface area contributed by atoms with Gasteiger partial charge in [-0.1, -0.05) is 23.4 Å². The molecule has 0 saturated carbocycles. The van der Waals surface area contributed by atoms with Gasteiger partial charge < -0.3 is 24.0 Å². The molecule has 0 bridgehead atoms. The van der Waals surface area contributed by atoms with Crippen molar-refractivity contribution in [2.24, 2.45) is 0 Å². The number of carbonyl (C=O) groups is 2. The highest BCUT2D eigenvalue weighted by molar-refractivity contribution is 5.94. The molecule has 0 aliphatic carbocycles. The number of amides is 2. The number of aromatic nitrogens is 3. The third-order valence-corrected chi connectivity index (χ3v) is 5.69. The first-order valence-corrected chi connectivity index (χ1v) is 9.90. The van der Waals surface area contributed by atoms with Crippen molar-refractivity contribution >= 4 is 17.5 Å². The third-order valence-electron chi connectivity index (χ3n) is 5.69. The smallest absolute Gasteiger partial charge is 0.292 e. The molecule has 9 nitrogen and oxygen atoms in total. The van der Waals surface area contributed by atoms with Crippen LogP contribution in [0.25, 0.3) is 0 Å². The van der Waals surface area contributed by atoms with Gasteiger partial charge in [0.25, 0.3) is 11.8 Å². The van der Waals surface area contributed by atoms with Gasteiger partial charge in [0.15, 0.2) is 6.10 Å². The number of likely N-dealkylation sites (tertiary alicyclic amines) is 1. The Kier molecular flexibility index (Phi) is 4.59. The summed E-state index contributed by atoms with van der Waals surface area (Å²) in [7, 11) is 0. The van der Waals surface area contributed by atoms with E-state index in [4.69, 9.17) is 9.26 Å². The van der Waals surface area contributed by atoms with E-state index in [1.807, 2.05) is 41.1 Å². The normalized spacial score (nSPS) is 20.0. The molecule has 2 amide bonds. The van der Waals surface area contributed by atoms with Crippen LogP contribution < -0.4 is 5.32 Å². The number of hydrogen-bond donors (Lipinski definition) is 1. The fourth-order valence-corrected chi connectivity index (χ4v) is 4.17. The predicted molar refractivity (Wildman–Crippen MR) is 105 cm³/mol. The van der Waals surface area contributed by atoms with Crippen LogP contribution in [0.3, 0.4) is 0 Å². The standard InChI is InChI=1S/C21H21N5O4/c27-18(24-15-4-2-1-3-5-15)17-14-26-13-10-22-20(26)21(29-17)7-11-25(12-8-21)19(28)16-6-9-23-30-16/h1-6,9-10,13,17H,7-8,11-12,14H2,(H,24,27). The zero-order chi connectivity index (χ0) is 20.6. The molecule has 2 aliphatic rings. The number of ether oxygens (including phenoxy) is 1. The first kappa shape index (κ1) is 18.6. The molecule has 154 valence electrons. The average Bonchev–Trinajstić information content (AvgIpc) is 3.47. The van der Waals surface area contributed by atoms with Crippen molar-refractivity contribution in [2.45, 2.75) is 31.1 Å². The summed E-state index contributed by atoms with van der Waals surface area (Å²) < 4.78 is 13.4. The van der Waals surface area contributed by atoms with Gasteiger partial charge >= 0.3 is 0 Å². The molecule has 0 radical (unpaired) electrons. The molecule has 1 saturated heterocycles. The lowest BCUT2D eigenvalue weighted by Gasteiger charge is -2.45. The van der Waals surface area contributed by atoms with Crippen molar-refractivity contribution in [1.82, 2.24) is 19.6 Å². The monoisotopic (exact) mass is 407 g/mol. The molecular weight excluding hydrogens is 386 g/mol. The Morgan fingerprint density at radius 3 is 2.63 bits per heavy atom. The maximum Gasteiger partial charge on any atom is 0.292 e. The van der Waals surface area contributed by atoms with Gasteiger partial charge in [-0.15, -0.1) is 0 Å². The number of hydrogen-bond acceptors (Lipinski definition) is 6. The molecular formula is C21H21N5O4. The van der Waals surface area contributed by atoms with Crippen LogP contribution in [0.1, 0.15) is 29.2 Å². The number of fused-ring (bicyclic) bond motifs is 2. The van der Waals surface area contributed by atoms with Gasteiger partial charge in [0.2, 0.25) is 5.76 Å². The van der Waals surface area contributed by atoms with Crippen LogP contribution in [-0.2, 0) is 21.7 Å². The van der Waals surface area contributed by atoms with Gasteiger partial charge in [-0.3, -0.25) is 9.59 Å². The van der Waals surface area contributed by atoms with E-state index in [9.17, 15) is 9.59 Å². The van der Waals surface area contributed by atoms with E-state index >= 15 is 0 Å². The molecule has 1 N–H and O–H groups in total. The van der Waals surface area contributed by atoms with Crippen LogP contribution >= 0.6 is 0 Å². The Morgan fingerprint density at radius 2 is 1.90 bits per heavy atom. The van der Waals surface area contributed by atoms with E-state index in [0.29, 0.717) is 32.5 Å². The highest BCUT2D eigenvalue weighted by Gasteiger charge is 2.47. The summed E-state index contributed by atoms with van der Waals surface area (Å²) in [5, 5.41) is 6.52. The summed E-state index contributed by atoms with van der Waals surface area (Å²) >= 11 is 0. The van der Waals surface area contributed by atoms with Crippen LogP contribution in [-0.4, -0.2) is 50.6 Å². The molecule has 1 aromatic carbocycles. The Hall–Kier alpha value is -3.46. The Bertz CT molecular complexity index is 1040. The van der Waals surface area contributed by atoms with Crippen LogP contribution in [0.5, 0.6) is 0 Å². The van der Waals surface area contributed by atoms with Crippen molar-refractivity contribution in [3.63, 3.8) is 0 Å². The first-order chi connectivity index (χ1) is 14.6. The predicted octanol–water partition coefficient (Wildman–Crippen LogP) is 2.04. The Morgan fingerprint density at radius 1 is 1.10 bits per heavy atom. The van der Waals surface area contributed by atoms with E-state index in [1.165, 1.54) is 6.20 Å². The second-order valence-electron chi connectivity index (χ2n) is 7.53. The van der Waals surface area contributed by atoms with Gasteiger partial charge in [-0.05, 0) is 12.1 Å². The molecule has 3 aromatic rings. The minimum atomic E-state index is -0.710. The van der Waals surface area contributed by atoms with E-state index in [0.717, 1.165) is 11.5 Å². The maximum absolute atomic E-state index is 12.9. The van der Waals surface area contributed by atoms with Gasteiger partial charge in [-0.25, -0.2) is 4.98 Å². The number of para-hydroxylation sites is 1. The lowest BCUT2D eigenvalue weighted by molar-refractivity contribution is -0.168. The summed E-state index contributed by atoms with van der Waals surface area (Å²) in [4.78, 5) is 31.7. The quantitative estimate of drug-likeness (QED) is 0.713. The molecule has 2 aliphatic heterocycles. The fraction of sp³-hybridized carbons (Fsp3) is 0.333. The average molecular weight is 407 g/mol. The summed E-state index contributed by atoms with van der Waals surface area (Å²) in [6, 6.07) is 10.9. The second kappa shape index (κ2) is 7.42. The number of benzene rings is 1. The zero-order valence-corrected chi connectivity index (χ0v) is 16.2. The largest absolute Gasteiger partial charge is 0.352 e. The number of rotatable bonds is 3. The van der Waals surface area contributed by atoms with Crippen LogP contribution in [0.15, 0.2) is 59.5 Å². The molecule has 1 spiro atoms. The van der Waals surface area contributed by atoms with Gasteiger partial charge in [0.05, 0.1) is 12.7 Å². The molecule has 30 heavy (non-hydrogen) atoms. The van der Waals surface area contributed by atoms with Crippen molar-refractivity contribution in [2.75, 3.05) is 18.4 Å². The van der Waals surface area contributed by atoms with Crippen LogP contribution in [0, 0.1) is 0 Å². The van der Waals surface area contributed by atoms with E-state index in [2.05, 4.69) is 15.5 Å². The number of piperidine rings is 1. The van der Waals surface area contributed by atoms with Crippen molar-refractivity contribution in [1.29, 1.82) is 0 Å². The molecule has 9 heteroatoms. The molecule has 1 unspecified atom stereocenters. The minimum absolute atomic E-state index is 0.194. The van der Waals surface area contributed by atoms with Gasteiger partial charge in [0.1, 0.15) is 11.4 Å². The SMILES string of the molecule is O=C(Nc1ccccc1)C1Cn2ccnc2C2(CCN(C(=O)c3ccno3)CC2)O1. The third kappa shape index (κ3) is 3.26. The Labute approximate surface area is 172 Å². The summed E-state index contributed by atoms with van der Waals surface area (Å²) in [6.07, 6.45) is 5.48. The maximum atomic E-state index is 12.9.